The Labute approximate surface area is 164 Å². The minimum atomic E-state index is -0.910. The van der Waals surface area contributed by atoms with Crippen molar-refractivity contribution in [2.75, 3.05) is 20.2 Å². The van der Waals surface area contributed by atoms with Gasteiger partial charge in [-0.05, 0) is 32.1 Å². The highest BCUT2D eigenvalue weighted by molar-refractivity contribution is 5.89. The second kappa shape index (κ2) is 7.13. The van der Waals surface area contributed by atoms with Gasteiger partial charge in [-0.25, -0.2) is 8.78 Å². The van der Waals surface area contributed by atoms with E-state index in [0.717, 1.165) is 24.3 Å². The van der Waals surface area contributed by atoms with Gasteiger partial charge in [-0.1, -0.05) is 6.07 Å². The molecule has 1 aromatic heterocycles. The van der Waals surface area contributed by atoms with E-state index in [9.17, 15) is 28.9 Å². The van der Waals surface area contributed by atoms with E-state index in [1.165, 1.54) is 6.07 Å². The molecule has 8 heteroatoms. The Morgan fingerprint density at radius 3 is 2.52 bits per heavy atom. The largest absolute Gasteiger partial charge is 0.507 e. The van der Waals surface area contributed by atoms with Gasteiger partial charge >= 0.3 is 0 Å². The molecular formula is C21H19F2NO5. The van der Waals surface area contributed by atoms with Crippen LogP contribution in [-0.4, -0.2) is 46.5 Å². The zero-order chi connectivity index (χ0) is 20.9. The van der Waals surface area contributed by atoms with E-state index in [-0.39, 0.29) is 40.7 Å². The summed E-state index contributed by atoms with van der Waals surface area (Å²) in [5.74, 6) is -3.39. The summed E-state index contributed by atoms with van der Waals surface area (Å²) in [5.41, 5.74) is -1.14. The number of fused-ring (bicyclic) bond motifs is 1. The number of hydrogen-bond acceptors (Lipinski definition) is 6. The summed E-state index contributed by atoms with van der Waals surface area (Å²) in [6.07, 6.45) is 0.553. The number of hydrogen-bond donors (Lipinski definition) is 3. The maximum atomic E-state index is 14.3. The van der Waals surface area contributed by atoms with Gasteiger partial charge in [0.2, 0.25) is 0 Å². The topological polar surface area (TPSA) is 94.1 Å². The second-order valence-electron chi connectivity index (χ2n) is 7.23. The van der Waals surface area contributed by atoms with Crippen LogP contribution in [0.15, 0.2) is 39.5 Å². The number of halogens is 2. The molecular weight excluding hydrogens is 384 g/mol. The van der Waals surface area contributed by atoms with Crippen LogP contribution in [0.25, 0.3) is 22.3 Å². The fourth-order valence-corrected chi connectivity index (χ4v) is 4.15. The van der Waals surface area contributed by atoms with Crippen molar-refractivity contribution in [1.29, 1.82) is 0 Å². The van der Waals surface area contributed by atoms with Crippen LogP contribution in [0.3, 0.4) is 0 Å². The highest BCUT2D eigenvalue weighted by atomic mass is 19.1. The summed E-state index contributed by atoms with van der Waals surface area (Å²) in [7, 11) is 1.82. The van der Waals surface area contributed by atoms with Gasteiger partial charge in [0, 0.05) is 29.7 Å². The molecule has 0 saturated carbocycles. The van der Waals surface area contributed by atoms with Crippen LogP contribution in [0, 0.1) is 11.6 Å². The minimum Gasteiger partial charge on any atom is -0.507 e. The lowest BCUT2D eigenvalue weighted by atomic mass is 9.89. The first-order valence-corrected chi connectivity index (χ1v) is 9.11. The standard InChI is InChI=1S/C21H19F2NO5/c1-24-6-5-10(13(24)9-25)18-14(26)7-15(27)20-16(28)8-17(29-21(18)20)19-11(22)3-2-4-12(19)23/h2-4,7-8,10,13,25-27H,5-6,9H2,1H3/t10-,13+/m0/s1. The molecule has 0 bridgehead atoms. The van der Waals surface area contributed by atoms with Crippen LogP contribution in [0.4, 0.5) is 8.78 Å². The Balaban J connectivity index is 2.05. The first-order chi connectivity index (χ1) is 13.8. The fraction of sp³-hybridized carbons (Fsp3) is 0.286. The number of rotatable bonds is 3. The molecule has 0 radical (unpaired) electrons. The van der Waals surface area contributed by atoms with Crippen LogP contribution in [0.1, 0.15) is 17.9 Å². The Morgan fingerprint density at radius 1 is 1.17 bits per heavy atom. The van der Waals surface area contributed by atoms with Crippen molar-refractivity contribution in [2.45, 2.75) is 18.4 Å². The molecule has 29 heavy (non-hydrogen) atoms. The zero-order valence-electron chi connectivity index (χ0n) is 15.5. The van der Waals surface area contributed by atoms with Gasteiger partial charge in [0.15, 0.2) is 5.43 Å². The average molecular weight is 403 g/mol. The monoisotopic (exact) mass is 403 g/mol. The summed E-state index contributed by atoms with van der Waals surface area (Å²) in [5, 5.41) is 30.3. The highest BCUT2D eigenvalue weighted by Gasteiger charge is 2.36. The van der Waals surface area contributed by atoms with E-state index < -0.39 is 34.3 Å². The molecule has 6 nitrogen and oxygen atoms in total. The number of aliphatic hydroxyl groups is 1. The third-order valence-corrected chi connectivity index (χ3v) is 5.59. The number of phenols is 2. The van der Waals surface area contributed by atoms with Crippen LogP contribution < -0.4 is 5.43 Å². The molecule has 2 atom stereocenters. The summed E-state index contributed by atoms with van der Waals surface area (Å²) < 4.78 is 34.2. The van der Waals surface area contributed by atoms with Gasteiger partial charge in [0.1, 0.15) is 39.9 Å². The predicted molar refractivity (Wildman–Crippen MR) is 102 cm³/mol. The SMILES string of the molecule is CN1CC[C@H](c2c(O)cc(O)c3c(=O)cc(-c4c(F)cccc4F)oc23)[C@H]1CO. The fourth-order valence-electron chi connectivity index (χ4n) is 4.15. The van der Waals surface area contributed by atoms with Crippen LogP contribution in [0.2, 0.25) is 0 Å². The van der Waals surface area contributed by atoms with Crippen molar-refractivity contribution in [3.8, 4) is 22.8 Å². The van der Waals surface area contributed by atoms with E-state index in [0.29, 0.717) is 13.0 Å². The molecule has 152 valence electrons. The normalized spacial score (nSPS) is 19.9. The maximum absolute atomic E-state index is 14.3. The smallest absolute Gasteiger partial charge is 0.197 e. The van der Waals surface area contributed by atoms with Crippen molar-refractivity contribution in [3.05, 3.63) is 57.8 Å². The van der Waals surface area contributed by atoms with E-state index >= 15 is 0 Å². The van der Waals surface area contributed by atoms with Gasteiger partial charge < -0.3 is 24.6 Å². The molecule has 0 unspecified atom stereocenters. The lowest BCUT2D eigenvalue weighted by Gasteiger charge is -2.24. The summed E-state index contributed by atoms with van der Waals surface area (Å²) in [6.45, 7) is 0.429. The van der Waals surface area contributed by atoms with Crippen molar-refractivity contribution in [2.24, 2.45) is 0 Å². The van der Waals surface area contributed by atoms with E-state index in [4.69, 9.17) is 4.42 Å². The third-order valence-electron chi connectivity index (χ3n) is 5.59. The maximum Gasteiger partial charge on any atom is 0.197 e. The van der Waals surface area contributed by atoms with Crippen LogP contribution >= 0.6 is 0 Å². The summed E-state index contributed by atoms with van der Waals surface area (Å²) in [6, 6.07) is 4.87. The average Bonchev–Trinajstić information content (AvgIpc) is 3.01. The highest BCUT2D eigenvalue weighted by Crippen LogP contribution is 2.44. The number of phenolic OH excluding ortho intramolecular Hbond substituents is 2. The number of likely N-dealkylation sites (tertiary alicyclic amines) is 1. The van der Waals surface area contributed by atoms with Crippen molar-refractivity contribution in [1.82, 2.24) is 4.90 Å². The molecule has 2 heterocycles. The first kappa shape index (κ1) is 19.4. The summed E-state index contributed by atoms with van der Waals surface area (Å²) in [4.78, 5) is 14.6. The first-order valence-electron chi connectivity index (χ1n) is 9.11. The molecule has 1 saturated heterocycles. The van der Waals surface area contributed by atoms with Crippen molar-refractivity contribution in [3.63, 3.8) is 0 Å². The van der Waals surface area contributed by atoms with Crippen LogP contribution in [0.5, 0.6) is 11.5 Å². The van der Waals surface area contributed by atoms with E-state index in [2.05, 4.69) is 0 Å². The number of aromatic hydroxyl groups is 2. The van der Waals surface area contributed by atoms with Gasteiger partial charge in [-0.3, -0.25) is 4.79 Å². The lowest BCUT2D eigenvalue weighted by Crippen LogP contribution is -2.32. The number of aliphatic hydroxyl groups excluding tert-OH is 1. The molecule has 0 aliphatic carbocycles. The van der Waals surface area contributed by atoms with Crippen LogP contribution in [-0.2, 0) is 0 Å². The van der Waals surface area contributed by atoms with Gasteiger partial charge in [-0.2, -0.15) is 0 Å². The molecule has 4 rings (SSSR count). The molecule has 1 fully saturated rings. The van der Waals surface area contributed by atoms with Crippen molar-refractivity contribution >= 4 is 11.0 Å². The molecule has 2 aromatic carbocycles. The Morgan fingerprint density at radius 2 is 1.86 bits per heavy atom. The third kappa shape index (κ3) is 3.04. The second-order valence-corrected chi connectivity index (χ2v) is 7.23. The Bertz CT molecular complexity index is 1140. The molecule has 1 aliphatic heterocycles. The Kier molecular flexibility index (Phi) is 4.76. The Hall–Kier alpha value is -2.97. The van der Waals surface area contributed by atoms with Gasteiger partial charge in [0.25, 0.3) is 0 Å². The van der Waals surface area contributed by atoms with E-state index in [1.807, 2.05) is 11.9 Å². The van der Waals surface area contributed by atoms with Gasteiger partial charge in [0.05, 0.1) is 12.2 Å². The number of nitrogens with zero attached hydrogens (tertiary/aromatic N) is 1. The number of likely N-dealkylation sites (N-methyl/N-ethyl adjacent to an activating group) is 1. The molecule has 1 aliphatic rings. The van der Waals surface area contributed by atoms with E-state index in [1.54, 1.807) is 0 Å². The number of benzene rings is 2. The molecule has 0 amide bonds. The summed E-state index contributed by atoms with van der Waals surface area (Å²) >= 11 is 0. The minimum absolute atomic E-state index is 0.147. The predicted octanol–water partition coefficient (Wildman–Crippen LogP) is 2.93. The molecule has 3 aromatic rings. The molecule has 3 N–H and O–H groups in total. The quantitative estimate of drug-likeness (QED) is 0.623. The zero-order valence-corrected chi connectivity index (χ0v) is 15.5. The molecule has 0 spiro atoms. The van der Waals surface area contributed by atoms with Gasteiger partial charge in [-0.15, -0.1) is 0 Å². The lowest BCUT2D eigenvalue weighted by molar-refractivity contribution is 0.172. The van der Waals surface area contributed by atoms with Crippen molar-refractivity contribution < 1.29 is 28.5 Å².